The van der Waals surface area contributed by atoms with Crippen molar-refractivity contribution in [1.29, 1.82) is 0 Å². The summed E-state index contributed by atoms with van der Waals surface area (Å²) in [4.78, 5) is 15.5. The minimum atomic E-state index is -0.948. The summed E-state index contributed by atoms with van der Waals surface area (Å²) >= 11 is 0. The van der Waals surface area contributed by atoms with Crippen molar-refractivity contribution in [2.75, 3.05) is 0 Å². The maximum absolute atomic E-state index is 13.4. The number of aromatic nitrogens is 2. The summed E-state index contributed by atoms with van der Waals surface area (Å²) in [5, 5.41) is 9.03. The molecule has 2 unspecified atom stereocenters. The molecular weight excluding hydrogens is 275 g/mol. The molecule has 3 rings (SSSR count). The van der Waals surface area contributed by atoms with Crippen molar-refractivity contribution < 1.29 is 19.0 Å². The van der Waals surface area contributed by atoms with Crippen LogP contribution >= 0.6 is 0 Å². The molecule has 1 aromatic carbocycles. The lowest BCUT2D eigenvalue weighted by molar-refractivity contribution is -0.149. The predicted octanol–water partition coefficient (Wildman–Crippen LogP) is 3.06. The minimum absolute atomic E-state index is 0.128. The quantitative estimate of drug-likeness (QED) is 0.944. The monoisotopic (exact) mass is 292 g/mol. The number of carboxylic acids is 1. The molecule has 1 aliphatic rings. The Bertz CT molecular complexity index is 696. The van der Waals surface area contributed by atoms with Gasteiger partial charge in [0.15, 0.2) is 6.10 Å². The van der Waals surface area contributed by atoms with Crippen molar-refractivity contribution in [3.63, 3.8) is 0 Å². The van der Waals surface area contributed by atoms with E-state index >= 15 is 0 Å². The van der Waals surface area contributed by atoms with E-state index in [0.29, 0.717) is 24.2 Å². The summed E-state index contributed by atoms with van der Waals surface area (Å²) < 4.78 is 20.9. The SMILES string of the molecule is CC(C)n1c(C2CCC(C(=O)O)O2)nc2cc(F)ccc21. The third-order valence-corrected chi connectivity index (χ3v) is 3.78. The van der Waals surface area contributed by atoms with Crippen molar-refractivity contribution in [3.05, 3.63) is 29.8 Å². The van der Waals surface area contributed by atoms with Gasteiger partial charge in [0, 0.05) is 12.1 Å². The second-order valence-electron chi connectivity index (χ2n) is 5.60. The zero-order valence-electron chi connectivity index (χ0n) is 11.9. The van der Waals surface area contributed by atoms with E-state index in [1.165, 1.54) is 12.1 Å². The van der Waals surface area contributed by atoms with Gasteiger partial charge in [-0.3, -0.25) is 0 Å². The summed E-state index contributed by atoms with van der Waals surface area (Å²) in [6.45, 7) is 4.02. The lowest BCUT2D eigenvalue weighted by Crippen LogP contribution is -2.19. The molecule has 0 radical (unpaired) electrons. The molecule has 2 heterocycles. The smallest absolute Gasteiger partial charge is 0.332 e. The second kappa shape index (κ2) is 5.11. The molecule has 2 atom stereocenters. The summed E-state index contributed by atoms with van der Waals surface area (Å²) in [7, 11) is 0. The highest BCUT2D eigenvalue weighted by atomic mass is 19.1. The largest absolute Gasteiger partial charge is 0.479 e. The van der Waals surface area contributed by atoms with E-state index in [1.807, 2.05) is 18.4 Å². The lowest BCUT2D eigenvalue weighted by atomic mass is 10.2. The highest BCUT2D eigenvalue weighted by molar-refractivity contribution is 5.76. The summed E-state index contributed by atoms with van der Waals surface area (Å²) in [6.07, 6.45) is -0.0679. The van der Waals surface area contributed by atoms with E-state index in [9.17, 15) is 9.18 Å². The number of aliphatic carboxylic acids is 1. The van der Waals surface area contributed by atoms with Gasteiger partial charge in [-0.15, -0.1) is 0 Å². The summed E-state index contributed by atoms with van der Waals surface area (Å²) in [6, 6.07) is 4.62. The lowest BCUT2D eigenvalue weighted by Gasteiger charge is -2.17. The Morgan fingerprint density at radius 2 is 2.24 bits per heavy atom. The first kappa shape index (κ1) is 14.0. The summed E-state index contributed by atoms with van der Waals surface area (Å²) in [5.41, 5.74) is 1.41. The third kappa shape index (κ3) is 2.40. The fraction of sp³-hybridized carbons (Fsp3) is 0.467. The fourth-order valence-electron chi connectivity index (χ4n) is 2.87. The first-order valence-corrected chi connectivity index (χ1v) is 7.03. The topological polar surface area (TPSA) is 64.4 Å². The van der Waals surface area contributed by atoms with Gasteiger partial charge in [-0.05, 0) is 38.8 Å². The molecule has 2 aromatic rings. The van der Waals surface area contributed by atoms with Gasteiger partial charge in [0.1, 0.15) is 17.7 Å². The van der Waals surface area contributed by atoms with Crippen LogP contribution in [0.2, 0.25) is 0 Å². The van der Waals surface area contributed by atoms with Gasteiger partial charge in [0.25, 0.3) is 0 Å². The van der Waals surface area contributed by atoms with Crippen LogP contribution in [0.25, 0.3) is 11.0 Å². The Labute approximate surface area is 121 Å². The number of nitrogens with zero attached hydrogens (tertiary/aromatic N) is 2. The van der Waals surface area contributed by atoms with Crippen LogP contribution in [0.3, 0.4) is 0 Å². The van der Waals surface area contributed by atoms with E-state index in [4.69, 9.17) is 9.84 Å². The Morgan fingerprint density at radius 3 is 2.86 bits per heavy atom. The average molecular weight is 292 g/mol. The molecule has 0 saturated carbocycles. The van der Waals surface area contributed by atoms with Crippen molar-refractivity contribution >= 4 is 17.0 Å². The third-order valence-electron chi connectivity index (χ3n) is 3.78. The van der Waals surface area contributed by atoms with Gasteiger partial charge < -0.3 is 14.4 Å². The Hall–Kier alpha value is -1.95. The number of carbonyl (C=O) groups is 1. The van der Waals surface area contributed by atoms with Gasteiger partial charge in [-0.2, -0.15) is 0 Å². The van der Waals surface area contributed by atoms with Crippen LogP contribution in [0, 0.1) is 5.82 Å². The van der Waals surface area contributed by atoms with Crippen LogP contribution in [-0.2, 0) is 9.53 Å². The highest BCUT2D eigenvalue weighted by Gasteiger charge is 2.34. The number of fused-ring (bicyclic) bond motifs is 1. The zero-order chi connectivity index (χ0) is 15.1. The Morgan fingerprint density at radius 1 is 1.48 bits per heavy atom. The maximum Gasteiger partial charge on any atom is 0.332 e. The van der Waals surface area contributed by atoms with Crippen LogP contribution in [0.4, 0.5) is 4.39 Å². The highest BCUT2D eigenvalue weighted by Crippen LogP contribution is 2.35. The molecule has 1 saturated heterocycles. The number of hydrogen-bond acceptors (Lipinski definition) is 3. The number of halogens is 1. The van der Waals surface area contributed by atoms with Gasteiger partial charge in [0.2, 0.25) is 0 Å². The molecule has 6 heteroatoms. The molecule has 5 nitrogen and oxygen atoms in total. The average Bonchev–Trinajstić information content (AvgIpc) is 3.01. The number of ether oxygens (including phenoxy) is 1. The zero-order valence-corrected chi connectivity index (χ0v) is 11.9. The van der Waals surface area contributed by atoms with Crippen LogP contribution in [0.15, 0.2) is 18.2 Å². The van der Waals surface area contributed by atoms with Gasteiger partial charge >= 0.3 is 5.97 Å². The molecule has 0 spiro atoms. The maximum atomic E-state index is 13.4. The van der Waals surface area contributed by atoms with E-state index in [0.717, 1.165) is 5.52 Å². The molecule has 21 heavy (non-hydrogen) atoms. The second-order valence-corrected chi connectivity index (χ2v) is 5.60. The number of carboxylic acid groups (broad SMARTS) is 1. The Balaban J connectivity index is 2.06. The molecule has 1 N–H and O–H groups in total. The van der Waals surface area contributed by atoms with E-state index in [2.05, 4.69) is 4.98 Å². The molecule has 1 aliphatic heterocycles. The van der Waals surface area contributed by atoms with Crippen LogP contribution in [-0.4, -0.2) is 26.7 Å². The first-order valence-electron chi connectivity index (χ1n) is 7.03. The number of imidazole rings is 1. The van der Waals surface area contributed by atoms with Crippen molar-refractivity contribution in [1.82, 2.24) is 9.55 Å². The predicted molar refractivity (Wildman–Crippen MR) is 74.6 cm³/mol. The van der Waals surface area contributed by atoms with E-state index < -0.39 is 12.1 Å². The number of hydrogen-bond donors (Lipinski definition) is 1. The van der Waals surface area contributed by atoms with Crippen LogP contribution in [0.5, 0.6) is 0 Å². The van der Waals surface area contributed by atoms with Crippen LogP contribution in [0.1, 0.15) is 44.7 Å². The van der Waals surface area contributed by atoms with Crippen molar-refractivity contribution in [2.45, 2.75) is 44.9 Å². The summed E-state index contributed by atoms with van der Waals surface area (Å²) in [5.74, 6) is -0.608. The van der Waals surface area contributed by atoms with E-state index in [1.54, 1.807) is 6.07 Å². The van der Waals surface area contributed by atoms with Gasteiger partial charge in [-0.1, -0.05) is 0 Å². The Kier molecular flexibility index (Phi) is 3.41. The molecule has 112 valence electrons. The van der Waals surface area contributed by atoms with Gasteiger partial charge in [0.05, 0.1) is 11.0 Å². The number of rotatable bonds is 3. The van der Waals surface area contributed by atoms with Crippen molar-refractivity contribution in [2.24, 2.45) is 0 Å². The molecule has 0 bridgehead atoms. The standard InChI is InChI=1S/C15H17FN2O3/c1-8(2)18-11-4-3-9(16)7-10(11)17-14(18)12-5-6-13(21-12)15(19)20/h3-4,7-8,12-13H,5-6H2,1-2H3,(H,19,20). The minimum Gasteiger partial charge on any atom is -0.479 e. The van der Waals surface area contributed by atoms with Gasteiger partial charge in [-0.25, -0.2) is 14.2 Å². The fourth-order valence-corrected chi connectivity index (χ4v) is 2.87. The molecule has 0 amide bonds. The first-order chi connectivity index (χ1) is 9.97. The molecule has 1 aromatic heterocycles. The molecular formula is C15H17FN2O3. The number of benzene rings is 1. The van der Waals surface area contributed by atoms with Crippen molar-refractivity contribution in [3.8, 4) is 0 Å². The normalized spacial score (nSPS) is 22.3. The van der Waals surface area contributed by atoms with E-state index in [-0.39, 0.29) is 18.0 Å². The van der Waals surface area contributed by atoms with Crippen LogP contribution < -0.4 is 0 Å². The molecule has 1 fully saturated rings. The molecule has 0 aliphatic carbocycles.